The molecule has 1 aromatic heterocycles. The van der Waals surface area contributed by atoms with Gasteiger partial charge in [-0.1, -0.05) is 35.3 Å². The summed E-state index contributed by atoms with van der Waals surface area (Å²) < 4.78 is 5.08. The van der Waals surface area contributed by atoms with Crippen molar-refractivity contribution < 1.29 is 9.53 Å². The molecule has 0 unspecified atom stereocenters. The summed E-state index contributed by atoms with van der Waals surface area (Å²) >= 11 is 13.4. The van der Waals surface area contributed by atoms with E-state index in [0.29, 0.717) is 27.9 Å². The maximum absolute atomic E-state index is 12.2. The maximum Gasteiger partial charge on any atom is 0.251 e. The molecule has 128 valence electrons. The minimum absolute atomic E-state index is 0.215. The van der Waals surface area contributed by atoms with Crippen LogP contribution in [0, 0.1) is 0 Å². The number of rotatable bonds is 5. The van der Waals surface area contributed by atoms with E-state index < -0.39 is 0 Å². The molecule has 1 heterocycles. The molecule has 0 aliphatic heterocycles. The third-order valence-corrected chi connectivity index (χ3v) is 4.90. The standard InChI is InChI=1S/C18H14Cl2N2O2S/c1-24-16-7-4-12(8-14(16)20)18(23)21-9-17-22-15(10-25-17)11-2-5-13(19)6-3-11/h2-8,10H,9H2,1H3,(H,21,23). The number of carbonyl (C=O) groups excluding carboxylic acids is 1. The topological polar surface area (TPSA) is 51.2 Å². The number of halogens is 2. The molecule has 0 aliphatic carbocycles. The largest absolute Gasteiger partial charge is 0.495 e. The van der Waals surface area contributed by atoms with Crippen molar-refractivity contribution in [3.8, 4) is 17.0 Å². The van der Waals surface area contributed by atoms with Crippen LogP contribution in [0.2, 0.25) is 10.0 Å². The molecule has 1 N–H and O–H groups in total. The summed E-state index contributed by atoms with van der Waals surface area (Å²) in [5, 5.41) is 6.70. The summed E-state index contributed by atoms with van der Waals surface area (Å²) in [6.45, 7) is 0.348. The second-order valence-corrected chi connectivity index (χ2v) is 6.95. The Hall–Kier alpha value is -2.08. The van der Waals surface area contributed by atoms with Gasteiger partial charge in [0.1, 0.15) is 10.8 Å². The quantitative estimate of drug-likeness (QED) is 0.660. The molecule has 0 spiro atoms. The summed E-state index contributed by atoms with van der Waals surface area (Å²) in [4.78, 5) is 16.8. The van der Waals surface area contributed by atoms with E-state index in [0.717, 1.165) is 16.3 Å². The minimum atomic E-state index is -0.215. The highest BCUT2D eigenvalue weighted by molar-refractivity contribution is 7.09. The molecule has 0 fully saturated rings. The van der Waals surface area contributed by atoms with E-state index in [1.807, 2.05) is 29.6 Å². The molecule has 0 saturated heterocycles. The van der Waals surface area contributed by atoms with Crippen molar-refractivity contribution in [3.63, 3.8) is 0 Å². The minimum Gasteiger partial charge on any atom is -0.495 e. The number of hydrogen-bond acceptors (Lipinski definition) is 4. The van der Waals surface area contributed by atoms with E-state index in [-0.39, 0.29) is 5.91 Å². The van der Waals surface area contributed by atoms with Crippen molar-refractivity contribution in [2.75, 3.05) is 7.11 Å². The second-order valence-electron chi connectivity index (χ2n) is 5.17. The van der Waals surface area contributed by atoms with Crippen molar-refractivity contribution in [2.45, 2.75) is 6.54 Å². The lowest BCUT2D eigenvalue weighted by atomic mass is 10.2. The number of methoxy groups -OCH3 is 1. The van der Waals surface area contributed by atoms with Crippen LogP contribution in [0.1, 0.15) is 15.4 Å². The van der Waals surface area contributed by atoms with E-state index in [1.165, 1.54) is 18.4 Å². The number of aromatic nitrogens is 1. The van der Waals surface area contributed by atoms with Crippen molar-refractivity contribution in [3.05, 3.63) is 68.5 Å². The number of carbonyl (C=O) groups is 1. The Labute approximate surface area is 159 Å². The average molecular weight is 393 g/mol. The van der Waals surface area contributed by atoms with Gasteiger partial charge >= 0.3 is 0 Å². The van der Waals surface area contributed by atoms with Gasteiger partial charge in [0.05, 0.1) is 24.4 Å². The van der Waals surface area contributed by atoms with Gasteiger partial charge in [-0.05, 0) is 30.3 Å². The highest BCUT2D eigenvalue weighted by atomic mass is 35.5. The number of benzene rings is 2. The first-order valence-corrected chi connectivity index (χ1v) is 9.02. The fourth-order valence-corrected chi connectivity index (χ4v) is 3.34. The van der Waals surface area contributed by atoms with Crippen molar-refractivity contribution in [1.29, 1.82) is 0 Å². The molecule has 7 heteroatoms. The van der Waals surface area contributed by atoms with Gasteiger partial charge in [-0.25, -0.2) is 4.98 Å². The highest BCUT2D eigenvalue weighted by Gasteiger charge is 2.10. The Morgan fingerprint density at radius 3 is 2.64 bits per heavy atom. The van der Waals surface area contributed by atoms with Crippen LogP contribution in [-0.2, 0) is 6.54 Å². The first kappa shape index (κ1) is 17.7. The Morgan fingerprint density at radius 2 is 1.96 bits per heavy atom. The molecule has 4 nitrogen and oxygen atoms in total. The number of hydrogen-bond donors (Lipinski definition) is 1. The normalized spacial score (nSPS) is 10.5. The molecular formula is C18H14Cl2N2O2S. The smallest absolute Gasteiger partial charge is 0.251 e. The maximum atomic E-state index is 12.2. The Kier molecular flexibility index (Phi) is 5.58. The molecule has 0 bridgehead atoms. The molecule has 3 aromatic rings. The van der Waals surface area contributed by atoms with E-state index in [1.54, 1.807) is 18.2 Å². The highest BCUT2D eigenvalue weighted by Crippen LogP contribution is 2.25. The third kappa shape index (κ3) is 4.31. The van der Waals surface area contributed by atoms with Crippen LogP contribution >= 0.6 is 34.5 Å². The van der Waals surface area contributed by atoms with Gasteiger partial charge in [0.15, 0.2) is 0 Å². The van der Waals surface area contributed by atoms with E-state index in [4.69, 9.17) is 27.9 Å². The van der Waals surface area contributed by atoms with Crippen molar-refractivity contribution >= 4 is 40.4 Å². The Morgan fingerprint density at radius 1 is 1.20 bits per heavy atom. The second kappa shape index (κ2) is 7.87. The molecule has 25 heavy (non-hydrogen) atoms. The SMILES string of the molecule is COc1ccc(C(=O)NCc2nc(-c3ccc(Cl)cc3)cs2)cc1Cl. The van der Waals surface area contributed by atoms with Crippen LogP contribution in [0.25, 0.3) is 11.3 Å². The van der Waals surface area contributed by atoms with Crippen molar-refractivity contribution in [1.82, 2.24) is 10.3 Å². The molecule has 0 aliphatic rings. The first-order chi connectivity index (χ1) is 12.1. The number of amides is 1. The molecule has 0 radical (unpaired) electrons. The average Bonchev–Trinajstić information content (AvgIpc) is 3.09. The Balaban J connectivity index is 1.65. The molecular weight excluding hydrogens is 379 g/mol. The fraction of sp³-hybridized carbons (Fsp3) is 0.111. The zero-order valence-corrected chi connectivity index (χ0v) is 15.6. The van der Waals surface area contributed by atoms with Crippen LogP contribution < -0.4 is 10.1 Å². The van der Waals surface area contributed by atoms with Gasteiger partial charge < -0.3 is 10.1 Å². The van der Waals surface area contributed by atoms with E-state index in [2.05, 4.69) is 10.3 Å². The zero-order valence-electron chi connectivity index (χ0n) is 13.3. The summed E-state index contributed by atoms with van der Waals surface area (Å²) in [5.74, 6) is 0.318. The summed E-state index contributed by atoms with van der Waals surface area (Å²) in [7, 11) is 1.53. The van der Waals surface area contributed by atoms with E-state index >= 15 is 0 Å². The molecule has 0 atom stereocenters. The van der Waals surface area contributed by atoms with Crippen molar-refractivity contribution in [2.24, 2.45) is 0 Å². The summed E-state index contributed by atoms with van der Waals surface area (Å²) in [6, 6.07) is 12.4. The number of nitrogens with one attached hydrogen (secondary N) is 1. The van der Waals surface area contributed by atoms with Crippen LogP contribution in [0.3, 0.4) is 0 Å². The number of ether oxygens (including phenoxy) is 1. The predicted molar refractivity (Wildman–Crippen MR) is 102 cm³/mol. The molecule has 0 saturated carbocycles. The number of nitrogens with zero attached hydrogens (tertiary/aromatic N) is 1. The summed E-state index contributed by atoms with van der Waals surface area (Å²) in [5.41, 5.74) is 2.32. The van der Waals surface area contributed by atoms with E-state index in [9.17, 15) is 4.79 Å². The van der Waals surface area contributed by atoms with Crippen LogP contribution in [0.5, 0.6) is 5.75 Å². The lowest BCUT2D eigenvalue weighted by Crippen LogP contribution is -2.22. The van der Waals surface area contributed by atoms with Gasteiger partial charge in [-0.3, -0.25) is 4.79 Å². The number of thiazole rings is 1. The van der Waals surface area contributed by atoms with Gasteiger partial charge in [0.25, 0.3) is 5.91 Å². The Bertz CT molecular complexity index is 894. The fourth-order valence-electron chi connectivity index (χ4n) is 2.21. The van der Waals surface area contributed by atoms with Crippen LogP contribution in [-0.4, -0.2) is 18.0 Å². The van der Waals surface area contributed by atoms with Crippen LogP contribution in [0.4, 0.5) is 0 Å². The van der Waals surface area contributed by atoms with Gasteiger partial charge in [0, 0.05) is 21.5 Å². The monoisotopic (exact) mass is 392 g/mol. The van der Waals surface area contributed by atoms with Gasteiger partial charge in [-0.2, -0.15) is 0 Å². The zero-order chi connectivity index (χ0) is 17.8. The first-order valence-electron chi connectivity index (χ1n) is 7.39. The molecule has 2 aromatic carbocycles. The van der Waals surface area contributed by atoms with Crippen LogP contribution in [0.15, 0.2) is 47.8 Å². The molecule has 3 rings (SSSR count). The predicted octanol–water partition coefficient (Wildman–Crippen LogP) is 5.06. The molecule has 1 amide bonds. The lowest BCUT2D eigenvalue weighted by Gasteiger charge is -2.06. The summed E-state index contributed by atoms with van der Waals surface area (Å²) in [6.07, 6.45) is 0. The van der Waals surface area contributed by atoms with Gasteiger partial charge in [0.2, 0.25) is 0 Å². The third-order valence-electron chi connectivity index (χ3n) is 3.51. The lowest BCUT2D eigenvalue weighted by molar-refractivity contribution is 0.0951. The van der Waals surface area contributed by atoms with Gasteiger partial charge in [-0.15, -0.1) is 11.3 Å².